The van der Waals surface area contributed by atoms with Crippen LogP contribution in [-0.2, 0) is 0 Å². The molecule has 4 heteroatoms. The first-order valence-corrected chi connectivity index (χ1v) is 7.24. The Hall–Kier alpha value is -1.58. The average Bonchev–Trinajstić information content (AvgIpc) is 2.49. The maximum absolute atomic E-state index is 13.5. The Morgan fingerprint density at radius 1 is 1.10 bits per heavy atom. The number of ether oxygens (including phenoxy) is 1. The Labute approximate surface area is 129 Å². The van der Waals surface area contributed by atoms with Gasteiger partial charge in [-0.1, -0.05) is 35.9 Å². The standard InChI is InChI=1S/C17H19ClFNO/c1-11(13-8-9-15(18)16(19)10-13)20-12(2)14-6-4-5-7-17(14)21-3/h4-12,20H,1-3H3/t11?,12-/m1/s1. The summed E-state index contributed by atoms with van der Waals surface area (Å²) in [6.07, 6.45) is 0. The van der Waals surface area contributed by atoms with Crippen LogP contribution < -0.4 is 10.1 Å². The summed E-state index contributed by atoms with van der Waals surface area (Å²) in [4.78, 5) is 0. The molecular formula is C17H19ClFNO. The van der Waals surface area contributed by atoms with Gasteiger partial charge in [-0.3, -0.25) is 0 Å². The molecular weight excluding hydrogens is 289 g/mol. The van der Waals surface area contributed by atoms with Crippen molar-refractivity contribution in [2.45, 2.75) is 25.9 Å². The summed E-state index contributed by atoms with van der Waals surface area (Å²) in [7, 11) is 1.66. The topological polar surface area (TPSA) is 21.3 Å². The van der Waals surface area contributed by atoms with Crippen molar-refractivity contribution in [3.8, 4) is 5.75 Å². The number of methoxy groups -OCH3 is 1. The van der Waals surface area contributed by atoms with Crippen molar-refractivity contribution in [2.75, 3.05) is 7.11 Å². The van der Waals surface area contributed by atoms with Crippen molar-refractivity contribution in [1.82, 2.24) is 5.32 Å². The Kier molecular flexibility index (Phi) is 5.21. The fraction of sp³-hybridized carbons (Fsp3) is 0.294. The molecule has 0 aliphatic heterocycles. The van der Waals surface area contributed by atoms with E-state index in [1.165, 1.54) is 6.07 Å². The summed E-state index contributed by atoms with van der Waals surface area (Å²) in [5.74, 6) is 0.444. The molecule has 0 amide bonds. The molecule has 2 atom stereocenters. The van der Waals surface area contributed by atoms with E-state index in [2.05, 4.69) is 12.2 Å². The second-order valence-electron chi connectivity index (χ2n) is 5.03. The molecule has 2 aromatic rings. The number of hydrogen-bond donors (Lipinski definition) is 1. The summed E-state index contributed by atoms with van der Waals surface area (Å²) < 4.78 is 18.9. The highest BCUT2D eigenvalue weighted by molar-refractivity contribution is 6.30. The van der Waals surface area contributed by atoms with Crippen LogP contribution in [0.4, 0.5) is 4.39 Å². The van der Waals surface area contributed by atoms with Crippen LogP contribution in [0, 0.1) is 5.82 Å². The molecule has 0 aromatic heterocycles. The number of benzene rings is 2. The summed E-state index contributed by atoms with van der Waals surface area (Å²) >= 11 is 5.71. The second kappa shape index (κ2) is 6.92. The molecule has 0 aliphatic carbocycles. The Balaban J connectivity index is 2.14. The molecule has 0 fully saturated rings. The molecule has 0 bridgehead atoms. The first-order valence-electron chi connectivity index (χ1n) is 6.87. The fourth-order valence-electron chi connectivity index (χ4n) is 2.37. The molecule has 21 heavy (non-hydrogen) atoms. The lowest BCUT2D eigenvalue weighted by Gasteiger charge is -2.22. The molecule has 0 radical (unpaired) electrons. The number of para-hydroxylation sites is 1. The molecule has 0 saturated carbocycles. The van der Waals surface area contributed by atoms with E-state index >= 15 is 0 Å². The summed E-state index contributed by atoms with van der Waals surface area (Å²) in [6, 6.07) is 12.8. The van der Waals surface area contributed by atoms with Crippen molar-refractivity contribution in [1.29, 1.82) is 0 Å². The van der Waals surface area contributed by atoms with Crippen LogP contribution in [0.3, 0.4) is 0 Å². The van der Waals surface area contributed by atoms with Gasteiger partial charge in [0.15, 0.2) is 0 Å². The maximum Gasteiger partial charge on any atom is 0.142 e. The van der Waals surface area contributed by atoms with E-state index in [0.717, 1.165) is 16.9 Å². The molecule has 2 aromatic carbocycles. The van der Waals surface area contributed by atoms with Gasteiger partial charge < -0.3 is 10.1 Å². The quantitative estimate of drug-likeness (QED) is 0.848. The monoisotopic (exact) mass is 307 g/mol. The van der Waals surface area contributed by atoms with E-state index < -0.39 is 5.82 Å². The lowest BCUT2D eigenvalue weighted by atomic mass is 10.0. The van der Waals surface area contributed by atoms with E-state index in [9.17, 15) is 4.39 Å². The van der Waals surface area contributed by atoms with Gasteiger partial charge in [0.25, 0.3) is 0 Å². The minimum absolute atomic E-state index is 0.00308. The minimum atomic E-state index is -0.396. The molecule has 1 N–H and O–H groups in total. The molecule has 0 heterocycles. The number of nitrogens with one attached hydrogen (secondary N) is 1. The van der Waals surface area contributed by atoms with Gasteiger partial charge in [0, 0.05) is 17.6 Å². The predicted molar refractivity (Wildman–Crippen MR) is 84.4 cm³/mol. The van der Waals surface area contributed by atoms with Crippen LogP contribution >= 0.6 is 11.6 Å². The predicted octanol–water partition coefficient (Wildman–Crippen LogP) is 4.90. The highest BCUT2D eigenvalue weighted by atomic mass is 35.5. The van der Waals surface area contributed by atoms with Crippen molar-refractivity contribution in [3.05, 3.63) is 64.4 Å². The Bertz CT molecular complexity index is 617. The average molecular weight is 308 g/mol. The fourth-order valence-corrected chi connectivity index (χ4v) is 2.48. The lowest BCUT2D eigenvalue weighted by molar-refractivity contribution is 0.396. The van der Waals surface area contributed by atoms with Gasteiger partial charge in [0.1, 0.15) is 11.6 Å². The SMILES string of the molecule is COc1ccccc1[C@@H](C)NC(C)c1ccc(Cl)c(F)c1. The van der Waals surface area contributed by atoms with E-state index in [4.69, 9.17) is 16.3 Å². The van der Waals surface area contributed by atoms with Crippen LogP contribution in [0.1, 0.15) is 37.1 Å². The normalized spacial score (nSPS) is 13.8. The van der Waals surface area contributed by atoms with E-state index in [-0.39, 0.29) is 17.1 Å². The number of rotatable bonds is 5. The van der Waals surface area contributed by atoms with Gasteiger partial charge in [0.2, 0.25) is 0 Å². The van der Waals surface area contributed by atoms with Crippen LogP contribution in [0.25, 0.3) is 0 Å². The third-order valence-electron chi connectivity index (χ3n) is 3.55. The zero-order chi connectivity index (χ0) is 15.4. The smallest absolute Gasteiger partial charge is 0.142 e. The largest absolute Gasteiger partial charge is 0.496 e. The van der Waals surface area contributed by atoms with Crippen LogP contribution in [0.5, 0.6) is 5.75 Å². The Morgan fingerprint density at radius 3 is 2.48 bits per heavy atom. The van der Waals surface area contributed by atoms with Crippen molar-refractivity contribution in [2.24, 2.45) is 0 Å². The zero-order valence-electron chi connectivity index (χ0n) is 12.4. The molecule has 0 saturated heterocycles. The third kappa shape index (κ3) is 3.74. The van der Waals surface area contributed by atoms with E-state index in [1.54, 1.807) is 13.2 Å². The van der Waals surface area contributed by atoms with E-state index in [0.29, 0.717) is 0 Å². The van der Waals surface area contributed by atoms with Gasteiger partial charge in [-0.15, -0.1) is 0 Å². The lowest BCUT2D eigenvalue weighted by Crippen LogP contribution is -2.23. The van der Waals surface area contributed by atoms with Gasteiger partial charge >= 0.3 is 0 Å². The number of halogens is 2. The third-order valence-corrected chi connectivity index (χ3v) is 3.86. The highest BCUT2D eigenvalue weighted by Crippen LogP contribution is 2.27. The van der Waals surface area contributed by atoms with Gasteiger partial charge in [-0.2, -0.15) is 0 Å². The molecule has 2 rings (SSSR count). The van der Waals surface area contributed by atoms with Gasteiger partial charge in [-0.25, -0.2) is 4.39 Å². The minimum Gasteiger partial charge on any atom is -0.496 e. The van der Waals surface area contributed by atoms with Crippen LogP contribution in [0.15, 0.2) is 42.5 Å². The maximum atomic E-state index is 13.5. The van der Waals surface area contributed by atoms with Crippen LogP contribution in [0.2, 0.25) is 5.02 Å². The molecule has 112 valence electrons. The second-order valence-corrected chi connectivity index (χ2v) is 5.43. The van der Waals surface area contributed by atoms with Crippen molar-refractivity contribution in [3.63, 3.8) is 0 Å². The summed E-state index contributed by atoms with van der Waals surface area (Å²) in [5.41, 5.74) is 1.93. The van der Waals surface area contributed by atoms with Crippen molar-refractivity contribution < 1.29 is 9.13 Å². The first-order chi connectivity index (χ1) is 10.0. The van der Waals surface area contributed by atoms with Gasteiger partial charge in [0.05, 0.1) is 12.1 Å². The molecule has 1 unspecified atom stereocenters. The van der Waals surface area contributed by atoms with Gasteiger partial charge in [-0.05, 0) is 37.6 Å². The molecule has 0 aliphatic rings. The molecule has 0 spiro atoms. The first kappa shape index (κ1) is 15.8. The number of hydrogen-bond acceptors (Lipinski definition) is 2. The van der Waals surface area contributed by atoms with Crippen molar-refractivity contribution >= 4 is 11.6 Å². The highest BCUT2D eigenvalue weighted by Gasteiger charge is 2.15. The summed E-state index contributed by atoms with van der Waals surface area (Å²) in [5, 5.41) is 3.59. The Morgan fingerprint density at radius 2 is 1.81 bits per heavy atom. The zero-order valence-corrected chi connectivity index (χ0v) is 13.1. The molecule has 2 nitrogen and oxygen atoms in total. The van der Waals surface area contributed by atoms with E-state index in [1.807, 2.05) is 37.3 Å². The summed E-state index contributed by atoms with van der Waals surface area (Å²) in [6.45, 7) is 4.05. The van der Waals surface area contributed by atoms with Crippen LogP contribution in [-0.4, -0.2) is 7.11 Å².